The van der Waals surface area contributed by atoms with Crippen LogP contribution >= 0.6 is 0 Å². The largest absolute Gasteiger partial charge is 0.493 e. The Hall–Kier alpha value is -3.30. The minimum Gasteiger partial charge on any atom is -0.493 e. The number of ether oxygens (including phenoxy) is 3. The Morgan fingerprint density at radius 1 is 1.13 bits per heavy atom. The maximum atomic E-state index is 12.6. The number of amides is 1. The highest BCUT2D eigenvalue weighted by Gasteiger charge is 2.30. The number of para-hydroxylation sites is 1. The van der Waals surface area contributed by atoms with E-state index < -0.39 is 24.3 Å². The van der Waals surface area contributed by atoms with E-state index in [0.29, 0.717) is 0 Å². The van der Waals surface area contributed by atoms with E-state index in [0.717, 1.165) is 18.2 Å². The molecule has 0 atom stereocenters. The smallest absolute Gasteiger partial charge is 0.416 e. The van der Waals surface area contributed by atoms with Crippen molar-refractivity contribution in [1.29, 1.82) is 0 Å². The highest BCUT2D eigenvalue weighted by Crippen LogP contribution is 2.33. The molecule has 1 N–H and O–H groups in total. The van der Waals surface area contributed by atoms with Gasteiger partial charge < -0.3 is 19.5 Å². The summed E-state index contributed by atoms with van der Waals surface area (Å²) in [6.07, 6.45) is -2.03. The minimum absolute atomic E-state index is 0.0177. The molecule has 0 radical (unpaired) electrons. The van der Waals surface area contributed by atoms with Crippen LogP contribution in [0.15, 0.2) is 48.5 Å². The van der Waals surface area contributed by atoms with Gasteiger partial charge in [0, 0.05) is 11.6 Å². The lowest BCUT2D eigenvalue weighted by Crippen LogP contribution is -2.26. The zero-order chi connectivity index (χ0) is 22.1. The van der Waals surface area contributed by atoms with E-state index in [1.165, 1.54) is 37.5 Å². The van der Waals surface area contributed by atoms with Gasteiger partial charge in [0.25, 0.3) is 0 Å². The highest BCUT2D eigenvalue weighted by atomic mass is 19.4. The number of methoxy groups -OCH3 is 1. The molecule has 2 aromatic rings. The van der Waals surface area contributed by atoms with E-state index in [1.807, 2.05) is 0 Å². The predicted octanol–water partition coefficient (Wildman–Crippen LogP) is 4.52. The lowest BCUT2D eigenvalue weighted by atomic mass is 10.1. The van der Waals surface area contributed by atoms with E-state index in [1.54, 1.807) is 6.07 Å². The van der Waals surface area contributed by atoms with Crippen LogP contribution in [0.1, 0.15) is 11.1 Å². The molecule has 1 amide bonds. The number of hydrogen-bond donors (Lipinski definition) is 1. The second kappa shape index (κ2) is 10.5. The summed E-state index contributed by atoms with van der Waals surface area (Å²) in [5.41, 5.74) is -0.577. The summed E-state index contributed by atoms with van der Waals surface area (Å²) in [5.74, 6) is -0.428. The monoisotopic (exact) mass is 431 g/mol. The molecule has 0 unspecified atom stereocenters. The molecular formula is C20H18F5NO4. The highest BCUT2D eigenvalue weighted by molar-refractivity contribution is 5.92. The van der Waals surface area contributed by atoms with Crippen LogP contribution < -0.4 is 19.5 Å². The van der Waals surface area contributed by atoms with Crippen LogP contribution in [0.4, 0.5) is 22.0 Å². The Kier molecular flexibility index (Phi) is 8.02. The van der Waals surface area contributed by atoms with Crippen molar-refractivity contribution in [2.45, 2.75) is 12.8 Å². The number of alkyl halides is 5. The number of halogens is 5. The van der Waals surface area contributed by atoms with Crippen LogP contribution in [-0.2, 0) is 11.0 Å². The molecule has 0 saturated carbocycles. The van der Waals surface area contributed by atoms with E-state index >= 15 is 0 Å². The van der Waals surface area contributed by atoms with Crippen molar-refractivity contribution in [1.82, 2.24) is 5.32 Å². The van der Waals surface area contributed by atoms with Gasteiger partial charge in [-0.3, -0.25) is 4.79 Å². The average Bonchev–Trinajstić information content (AvgIpc) is 2.69. The van der Waals surface area contributed by atoms with Gasteiger partial charge in [-0.2, -0.15) is 22.0 Å². The summed E-state index contributed by atoms with van der Waals surface area (Å²) in [5, 5.41) is 2.50. The lowest BCUT2D eigenvalue weighted by Gasteiger charge is -2.12. The van der Waals surface area contributed by atoms with Gasteiger partial charge in [-0.05, 0) is 36.4 Å². The van der Waals surface area contributed by atoms with Crippen LogP contribution in [0.2, 0.25) is 0 Å². The number of nitrogens with one attached hydrogen (secondary N) is 1. The molecule has 0 aromatic heterocycles. The summed E-state index contributed by atoms with van der Waals surface area (Å²) < 4.78 is 77.3. The lowest BCUT2D eigenvalue weighted by molar-refractivity contribution is -0.137. The third-order valence-corrected chi connectivity index (χ3v) is 3.70. The van der Waals surface area contributed by atoms with Crippen LogP contribution in [-0.4, -0.2) is 32.8 Å². The van der Waals surface area contributed by atoms with E-state index in [2.05, 4.69) is 10.1 Å². The van der Waals surface area contributed by atoms with Crippen LogP contribution in [0.5, 0.6) is 17.2 Å². The third-order valence-electron chi connectivity index (χ3n) is 3.70. The number of rotatable bonds is 9. The first-order valence-corrected chi connectivity index (χ1v) is 8.58. The van der Waals surface area contributed by atoms with Gasteiger partial charge in [-0.15, -0.1) is 0 Å². The van der Waals surface area contributed by atoms with Crippen molar-refractivity contribution in [2.75, 3.05) is 20.3 Å². The normalized spacial score (nSPS) is 11.6. The zero-order valence-corrected chi connectivity index (χ0v) is 15.7. The first-order chi connectivity index (χ1) is 14.2. The summed E-state index contributed by atoms with van der Waals surface area (Å²) in [4.78, 5) is 11.9. The Balaban J connectivity index is 1.86. The zero-order valence-electron chi connectivity index (χ0n) is 15.7. The number of carbonyl (C=O) groups excluding carboxylic acids is 1. The fourth-order valence-electron chi connectivity index (χ4n) is 2.35. The van der Waals surface area contributed by atoms with Crippen LogP contribution in [0.25, 0.3) is 6.08 Å². The molecule has 30 heavy (non-hydrogen) atoms. The van der Waals surface area contributed by atoms with Crippen molar-refractivity contribution in [3.63, 3.8) is 0 Å². The maximum absolute atomic E-state index is 12.6. The second-order valence-corrected chi connectivity index (χ2v) is 5.75. The van der Waals surface area contributed by atoms with Gasteiger partial charge in [0.1, 0.15) is 12.4 Å². The number of carbonyl (C=O) groups is 1. The summed E-state index contributed by atoms with van der Waals surface area (Å²) in [7, 11) is 1.30. The number of benzene rings is 2. The standard InChI is InChI=1S/C20H18F5NO4/c1-28-16-4-2-3-13(18(16)30-19(21)22)5-10-17(27)26-11-12-29-15-8-6-14(7-9-15)20(23,24)25/h2-10,19H,11-12H2,1H3,(H,26,27). The second-order valence-electron chi connectivity index (χ2n) is 5.75. The average molecular weight is 431 g/mol. The molecule has 0 aliphatic heterocycles. The molecule has 0 spiro atoms. The van der Waals surface area contributed by atoms with Gasteiger partial charge in [-0.1, -0.05) is 12.1 Å². The molecule has 162 valence electrons. The van der Waals surface area contributed by atoms with Gasteiger partial charge in [0.2, 0.25) is 5.91 Å². The van der Waals surface area contributed by atoms with Crippen molar-refractivity contribution in [3.05, 3.63) is 59.7 Å². The molecule has 0 fully saturated rings. The van der Waals surface area contributed by atoms with E-state index in [9.17, 15) is 26.7 Å². The molecule has 0 heterocycles. The fraction of sp³-hybridized carbons (Fsp3) is 0.250. The van der Waals surface area contributed by atoms with E-state index in [4.69, 9.17) is 9.47 Å². The van der Waals surface area contributed by atoms with Gasteiger partial charge >= 0.3 is 12.8 Å². The number of hydrogen-bond acceptors (Lipinski definition) is 4. The van der Waals surface area contributed by atoms with Gasteiger partial charge in [0.05, 0.1) is 19.2 Å². The molecule has 5 nitrogen and oxygen atoms in total. The topological polar surface area (TPSA) is 56.8 Å². The van der Waals surface area contributed by atoms with Crippen molar-refractivity contribution < 1.29 is 41.0 Å². The molecule has 0 bridgehead atoms. The Labute approximate surface area is 169 Å². The Morgan fingerprint density at radius 3 is 2.43 bits per heavy atom. The van der Waals surface area contributed by atoms with Crippen LogP contribution in [0.3, 0.4) is 0 Å². The predicted molar refractivity (Wildman–Crippen MR) is 98.6 cm³/mol. The molecule has 10 heteroatoms. The van der Waals surface area contributed by atoms with Gasteiger partial charge in [-0.25, -0.2) is 0 Å². The van der Waals surface area contributed by atoms with Crippen LogP contribution in [0, 0.1) is 0 Å². The minimum atomic E-state index is -4.43. The summed E-state index contributed by atoms with van der Waals surface area (Å²) in [6, 6.07) is 8.60. The molecule has 0 aliphatic rings. The van der Waals surface area contributed by atoms with Crippen molar-refractivity contribution in [3.8, 4) is 17.2 Å². The van der Waals surface area contributed by atoms with Crippen molar-refractivity contribution >= 4 is 12.0 Å². The fourth-order valence-corrected chi connectivity index (χ4v) is 2.35. The Bertz CT molecular complexity index is 866. The molecule has 2 aromatic carbocycles. The first kappa shape index (κ1) is 23.0. The molecule has 2 rings (SSSR count). The SMILES string of the molecule is COc1cccc(C=CC(=O)NCCOc2ccc(C(F)(F)F)cc2)c1OC(F)F. The van der Waals surface area contributed by atoms with Crippen molar-refractivity contribution in [2.24, 2.45) is 0 Å². The molecular weight excluding hydrogens is 413 g/mol. The first-order valence-electron chi connectivity index (χ1n) is 8.58. The third kappa shape index (κ3) is 6.94. The maximum Gasteiger partial charge on any atom is 0.416 e. The quantitative estimate of drug-likeness (QED) is 0.360. The molecule has 0 saturated heterocycles. The van der Waals surface area contributed by atoms with Gasteiger partial charge in [0.15, 0.2) is 11.5 Å². The van der Waals surface area contributed by atoms with E-state index in [-0.39, 0.29) is 36.0 Å². The Morgan fingerprint density at radius 2 is 1.83 bits per heavy atom. The summed E-state index contributed by atoms with van der Waals surface area (Å²) >= 11 is 0. The summed E-state index contributed by atoms with van der Waals surface area (Å²) in [6.45, 7) is -2.98. The molecule has 0 aliphatic carbocycles.